The average molecular weight is 194 g/mol. The van der Waals surface area contributed by atoms with Crippen molar-refractivity contribution in [1.29, 1.82) is 0 Å². The average Bonchev–Trinajstić information content (AvgIpc) is 2.01. The molecule has 74 valence electrons. The molecule has 0 heterocycles. The number of carboxylic acids is 1. The molecule has 1 aromatic carbocycles. The smallest absolute Gasteiger partial charge is 0.339 e. The van der Waals surface area contributed by atoms with E-state index in [0.29, 0.717) is 5.56 Å². The third-order valence-electron chi connectivity index (χ3n) is 1.76. The van der Waals surface area contributed by atoms with Crippen LogP contribution in [0.1, 0.15) is 15.9 Å². The molecule has 0 bridgehead atoms. The molecule has 4 nitrogen and oxygen atoms in total. The molecule has 0 spiro atoms. The number of allylic oxidation sites excluding steroid dienone is 1. The van der Waals surface area contributed by atoms with Crippen molar-refractivity contribution in [2.75, 3.05) is 0 Å². The summed E-state index contributed by atoms with van der Waals surface area (Å²) in [5.41, 5.74) is 0.146. The Bertz CT molecular complexity index is 382. The van der Waals surface area contributed by atoms with Crippen molar-refractivity contribution in [2.45, 2.75) is 6.42 Å². The van der Waals surface area contributed by atoms with Crippen molar-refractivity contribution >= 4 is 5.97 Å². The van der Waals surface area contributed by atoms with Gasteiger partial charge in [0.25, 0.3) is 0 Å². The molecule has 14 heavy (non-hydrogen) atoms. The highest BCUT2D eigenvalue weighted by atomic mass is 16.4. The molecular weight excluding hydrogens is 184 g/mol. The Balaban J connectivity index is 3.35. The normalized spacial score (nSPS) is 9.71. The molecule has 4 heteroatoms. The zero-order valence-corrected chi connectivity index (χ0v) is 7.40. The van der Waals surface area contributed by atoms with Crippen molar-refractivity contribution in [3.05, 3.63) is 35.9 Å². The van der Waals surface area contributed by atoms with E-state index in [1.165, 1.54) is 12.1 Å². The van der Waals surface area contributed by atoms with Gasteiger partial charge in [0.2, 0.25) is 0 Å². The summed E-state index contributed by atoms with van der Waals surface area (Å²) in [5, 5.41) is 27.2. The van der Waals surface area contributed by atoms with Crippen molar-refractivity contribution < 1.29 is 20.1 Å². The first-order chi connectivity index (χ1) is 6.56. The largest absolute Gasteiger partial charge is 0.508 e. The van der Waals surface area contributed by atoms with Gasteiger partial charge in [-0.25, -0.2) is 4.79 Å². The van der Waals surface area contributed by atoms with E-state index in [1.54, 1.807) is 0 Å². The summed E-state index contributed by atoms with van der Waals surface area (Å²) in [6.45, 7) is 3.46. The quantitative estimate of drug-likeness (QED) is 0.637. The first kappa shape index (κ1) is 10.1. The molecule has 0 aromatic heterocycles. The van der Waals surface area contributed by atoms with Crippen LogP contribution in [0.3, 0.4) is 0 Å². The first-order valence-corrected chi connectivity index (χ1v) is 3.95. The maximum Gasteiger partial charge on any atom is 0.339 e. The molecule has 0 aliphatic heterocycles. The minimum atomic E-state index is -1.22. The third kappa shape index (κ3) is 1.85. The van der Waals surface area contributed by atoms with E-state index in [1.807, 2.05) is 0 Å². The van der Waals surface area contributed by atoms with Gasteiger partial charge in [0, 0.05) is 6.07 Å². The molecular formula is C10H10O4. The number of rotatable bonds is 3. The summed E-state index contributed by atoms with van der Waals surface area (Å²) < 4.78 is 0. The Morgan fingerprint density at radius 3 is 2.57 bits per heavy atom. The van der Waals surface area contributed by atoms with Crippen LogP contribution < -0.4 is 0 Å². The van der Waals surface area contributed by atoms with E-state index >= 15 is 0 Å². The van der Waals surface area contributed by atoms with Crippen LogP contribution in [0.4, 0.5) is 0 Å². The molecule has 0 aliphatic rings. The van der Waals surface area contributed by atoms with E-state index in [0.717, 1.165) is 6.07 Å². The van der Waals surface area contributed by atoms with Crippen molar-refractivity contribution in [2.24, 2.45) is 0 Å². The minimum Gasteiger partial charge on any atom is -0.508 e. The predicted octanol–water partition coefficient (Wildman–Crippen LogP) is 1.52. The Kier molecular flexibility index (Phi) is 2.76. The Labute approximate surface area is 80.7 Å². The van der Waals surface area contributed by atoms with E-state index < -0.39 is 11.7 Å². The molecule has 0 saturated carbocycles. The van der Waals surface area contributed by atoms with Crippen molar-refractivity contribution in [3.63, 3.8) is 0 Å². The SMILES string of the molecule is C=CCc1cc(O)cc(O)c1C(=O)O. The highest BCUT2D eigenvalue weighted by molar-refractivity contribution is 5.93. The van der Waals surface area contributed by atoms with Gasteiger partial charge in [-0.15, -0.1) is 6.58 Å². The zero-order chi connectivity index (χ0) is 10.7. The summed E-state index contributed by atoms with van der Waals surface area (Å²) >= 11 is 0. The predicted molar refractivity (Wildman–Crippen MR) is 50.6 cm³/mol. The summed E-state index contributed by atoms with van der Waals surface area (Å²) in [6.07, 6.45) is 1.78. The number of hydrogen-bond donors (Lipinski definition) is 3. The molecule has 3 N–H and O–H groups in total. The fraction of sp³-hybridized carbons (Fsp3) is 0.100. The highest BCUT2D eigenvalue weighted by Crippen LogP contribution is 2.27. The number of aromatic carboxylic acids is 1. The van der Waals surface area contributed by atoms with Crippen molar-refractivity contribution in [1.82, 2.24) is 0 Å². The topological polar surface area (TPSA) is 77.8 Å². The van der Waals surface area contributed by atoms with E-state index in [2.05, 4.69) is 6.58 Å². The molecule has 0 amide bonds. The summed E-state index contributed by atoms with van der Waals surface area (Å²) in [6, 6.07) is 2.29. The number of aromatic hydroxyl groups is 2. The van der Waals surface area contributed by atoms with E-state index in [9.17, 15) is 9.90 Å². The third-order valence-corrected chi connectivity index (χ3v) is 1.76. The zero-order valence-electron chi connectivity index (χ0n) is 7.40. The maximum absolute atomic E-state index is 10.8. The second-order valence-corrected chi connectivity index (χ2v) is 2.80. The fourth-order valence-corrected chi connectivity index (χ4v) is 1.23. The Morgan fingerprint density at radius 2 is 2.07 bits per heavy atom. The molecule has 0 aliphatic carbocycles. The maximum atomic E-state index is 10.8. The Morgan fingerprint density at radius 1 is 1.43 bits per heavy atom. The number of carboxylic acid groups (broad SMARTS) is 1. The number of phenolic OH excluding ortho intramolecular Hbond substituents is 1. The summed E-state index contributed by atoms with van der Waals surface area (Å²) in [4.78, 5) is 10.8. The second-order valence-electron chi connectivity index (χ2n) is 2.80. The van der Waals surface area contributed by atoms with E-state index in [4.69, 9.17) is 10.2 Å². The van der Waals surface area contributed by atoms with Crippen LogP contribution in [0.25, 0.3) is 0 Å². The van der Waals surface area contributed by atoms with Crippen LogP contribution in [0.2, 0.25) is 0 Å². The monoisotopic (exact) mass is 194 g/mol. The second kappa shape index (κ2) is 3.83. The highest BCUT2D eigenvalue weighted by Gasteiger charge is 2.15. The molecule has 0 fully saturated rings. The summed E-state index contributed by atoms with van der Waals surface area (Å²) in [7, 11) is 0. The lowest BCUT2D eigenvalue weighted by atomic mass is 10.0. The molecule has 0 saturated heterocycles. The number of benzene rings is 1. The minimum absolute atomic E-state index is 0.163. The van der Waals surface area contributed by atoms with Gasteiger partial charge < -0.3 is 15.3 Å². The number of carbonyl (C=O) groups is 1. The standard InChI is InChI=1S/C10H10O4/c1-2-3-6-4-7(11)5-8(12)9(6)10(13)14/h2,4-5,11-12H,1,3H2,(H,13,14). The van der Waals surface area contributed by atoms with Gasteiger partial charge >= 0.3 is 5.97 Å². The van der Waals surface area contributed by atoms with Gasteiger partial charge in [0.15, 0.2) is 0 Å². The molecule has 0 unspecified atom stereocenters. The molecule has 1 aromatic rings. The first-order valence-electron chi connectivity index (χ1n) is 3.95. The molecule has 1 rings (SSSR count). The van der Waals surface area contributed by atoms with Crippen LogP contribution in [0.15, 0.2) is 24.8 Å². The molecule has 0 radical (unpaired) electrons. The van der Waals surface area contributed by atoms with Crippen LogP contribution >= 0.6 is 0 Å². The lowest BCUT2D eigenvalue weighted by Gasteiger charge is -2.06. The van der Waals surface area contributed by atoms with E-state index in [-0.39, 0.29) is 17.7 Å². The van der Waals surface area contributed by atoms with Gasteiger partial charge in [0.05, 0.1) is 0 Å². The fourth-order valence-electron chi connectivity index (χ4n) is 1.23. The van der Waals surface area contributed by atoms with Crippen LogP contribution in [0.5, 0.6) is 11.5 Å². The number of phenols is 2. The van der Waals surface area contributed by atoms with Gasteiger partial charge in [-0.3, -0.25) is 0 Å². The van der Waals surface area contributed by atoms with Crippen molar-refractivity contribution in [3.8, 4) is 11.5 Å². The van der Waals surface area contributed by atoms with Gasteiger partial charge in [0.1, 0.15) is 17.1 Å². The number of hydrogen-bond acceptors (Lipinski definition) is 3. The van der Waals surface area contributed by atoms with Crippen LogP contribution in [-0.2, 0) is 6.42 Å². The molecule has 0 atom stereocenters. The van der Waals surface area contributed by atoms with Gasteiger partial charge in [-0.05, 0) is 18.1 Å². The van der Waals surface area contributed by atoms with Gasteiger partial charge in [-0.1, -0.05) is 6.08 Å². The van der Waals surface area contributed by atoms with Gasteiger partial charge in [-0.2, -0.15) is 0 Å². The summed E-state index contributed by atoms with van der Waals surface area (Å²) in [5.74, 6) is -1.82. The lowest BCUT2D eigenvalue weighted by molar-refractivity contribution is 0.0692. The Hall–Kier alpha value is -1.97. The van der Waals surface area contributed by atoms with Crippen LogP contribution in [-0.4, -0.2) is 21.3 Å². The lowest BCUT2D eigenvalue weighted by Crippen LogP contribution is -2.02. The van der Waals surface area contributed by atoms with Crippen LogP contribution in [0, 0.1) is 0 Å².